The summed E-state index contributed by atoms with van der Waals surface area (Å²) in [6, 6.07) is 15.3. The third-order valence-electron chi connectivity index (χ3n) is 4.95. The van der Waals surface area contributed by atoms with Crippen LogP contribution in [0.5, 0.6) is 0 Å². The fourth-order valence-corrected chi connectivity index (χ4v) is 3.37. The van der Waals surface area contributed by atoms with E-state index in [1.165, 1.54) is 22.5 Å². The van der Waals surface area contributed by atoms with E-state index in [4.69, 9.17) is 0 Å². The lowest BCUT2D eigenvalue weighted by atomic mass is 10.0. The number of nitrogens with zero attached hydrogens (tertiary/aromatic N) is 4. The lowest BCUT2D eigenvalue weighted by molar-refractivity contribution is -0.116. The number of nitrogens with one attached hydrogen (secondary N) is 1. The zero-order chi connectivity index (χ0) is 22.1. The molecule has 0 atom stereocenters. The number of aromatic nitrogens is 4. The van der Waals surface area contributed by atoms with Crippen LogP contribution in [0.4, 0.5) is 5.69 Å². The molecule has 0 unspecified atom stereocenters. The Morgan fingerprint density at radius 3 is 2.42 bits per heavy atom. The zero-order valence-electron chi connectivity index (χ0n) is 16.9. The molecule has 4 rings (SSSR count). The van der Waals surface area contributed by atoms with Gasteiger partial charge in [0.05, 0.1) is 6.33 Å². The summed E-state index contributed by atoms with van der Waals surface area (Å²) in [7, 11) is 3.13. The molecule has 9 nitrogen and oxygen atoms in total. The number of carbonyl (C=O) groups excluding carboxylic acids is 2. The van der Waals surface area contributed by atoms with Crippen LogP contribution in [-0.2, 0) is 25.4 Å². The second kappa shape index (κ2) is 7.86. The first kappa shape index (κ1) is 20.0. The van der Waals surface area contributed by atoms with Crippen LogP contribution >= 0.6 is 0 Å². The number of benzene rings is 2. The van der Waals surface area contributed by atoms with Crippen LogP contribution in [0.2, 0.25) is 0 Å². The van der Waals surface area contributed by atoms with Crippen molar-refractivity contribution in [2.45, 2.75) is 6.54 Å². The first-order valence-electron chi connectivity index (χ1n) is 9.47. The largest absolute Gasteiger partial charge is 0.332 e. The van der Waals surface area contributed by atoms with Crippen LogP contribution in [0.1, 0.15) is 15.9 Å². The fourth-order valence-electron chi connectivity index (χ4n) is 3.37. The Balaban J connectivity index is 1.59. The van der Waals surface area contributed by atoms with Crippen molar-refractivity contribution in [2.24, 2.45) is 14.1 Å². The summed E-state index contributed by atoms with van der Waals surface area (Å²) in [5.41, 5.74) is 0.574. The van der Waals surface area contributed by atoms with E-state index in [1.54, 1.807) is 55.6 Å². The number of anilines is 1. The van der Waals surface area contributed by atoms with Crippen LogP contribution in [-0.4, -0.2) is 30.4 Å². The number of hydrogen-bond donors (Lipinski definition) is 1. The van der Waals surface area contributed by atoms with Crippen LogP contribution in [0, 0.1) is 0 Å². The van der Waals surface area contributed by atoms with Gasteiger partial charge in [-0.1, -0.05) is 42.5 Å². The molecule has 2 heterocycles. The minimum absolute atomic E-state index is 0.177. The van der Waals surface area contributed by atoms with E-state index >= 15 is 0 Å². The van der Waals surface area contributed by atoms with Crippen LogP contribution in [0.25, 0.3) is 11.2 Å². The van der Waals surface area contributed by atoms with Crippen molar-refractivity contribution < 1.29 is 9.59 Å². The van der Waals surface area contributed by atoms with Crippen LogP contribution in [0.3, 0.4) is 0 Å². The minimum Gasteiger partial charge on any atom is -0.328 e. The van der Waals surface area contributed by atoms with Gasteiger partial charge in [-0.15, -0.1) is 0 Å². The number of amides is 1. The molecule has 0 aliphatic carbocycles. The van der Waals surface area contributed by atoms with E-state index < -0.39 is 23.7 Å². The van der Waals surface area contributed by atoms with E-state index in [9.17, 15) is 19.2 Å². The summed E-state index contributed by atoms with van der Waals surface area (Å²) in [6.07, 6.45) is 1.44. The molecular formula is C22H19N5O4. The van der Waals surface area contributed by atoms with Gasteiger partial charge < -0.3 is 9.88 Å². The van der Waals surface area contributed by atoms with Gasteiger partial charge in [0.1, 0.15) is 6.54 Å². The SMILES string of the molecule is Cn1cnc2c1c(=O)n(CC(=O)Nc1cccc(C(=O)c3ccccc3)c1)c(=O)n2C. The summed E-state index contributed by atoms with van der Waals surface area (Å²) in [5.74, 6) is -0.742. The molecule has 1 N–H and O–H groups in total. The van der Waals surface area contributed by atoms with E-state index in [2.05, 4.69) is 10.3 Å². The lowest BCUT2D eigenvalue weighted by Gasteiger charge is -2.10. The normalized spacial score (nSPS) is 10.9. The number of imidazole rings is 1. The molecule has 0 aliphatic rings. The maximum absolute atomic E-state index is 12.7. The molecule has 2 aromatic heterocycles. The van der Waals surface area contributed by atoms with Crippen molar-refractivity contribution in [1.82, 2.24) is 18.7 Å². The molecule has 0 aliphatic heterocycles. The quantitative estimate of drug-likeness (QED) is 0.493. The predicted octanol–water partition coefficient (Wildman–Crippen LogP) is 1.30. The number of ketones is 1. The maximum atomic E-state index is 12.7. The molecule has 0 fully saturated rings. The summed E-state index contributed by atoms with van der Waals surface area (Å²) < 4.78 is 3.59. The van der Waals surface area contributed by atoms with Gasteiger partial charge >= 0.3 is 5.69 Å². The molecule has 156 valence electrons. The van der Waals surface area contributed by atoms with Gasteiger partial charge in [-0.25, -0.2) is 14.3 Å². The van der Waals surface area contributed by atoms with Gasteiger partial charge in [0.15, 0.2) is 16.9 Å². The van der Waals surface area contributed by atoms with Gasteiger partial charge in [-0.3, -0.25) is 19.0 Å². The van der Waals surface area contributed by atoms with Crippen molar-refractivity contribution in [2.75, 3.05) is 5.32 Å². The minimum atomic E-state index is -0.639. The maximum Gasteiger partial charge on any atom is 0.332 e. The zero-order valence-corrected chi connectivity index (χ0v) is 16.9. The molecule has 0 bridgehead atoms. The number of carbonyl (C=O) groups is 2. The molecule has 9 heteroatoms. The Morgan fingerprint density at radius 1 is 0.968 bits per heavy atom. The number of fused-ring (bicyclic) bond motifs is 1. The fraction of sp³-hybridized carbons (Fsp3) is 0.136. The van der Waals surface area contributed by atoms with Gasteiger partial charge in [0.25, 0.3) is 5.56 Å². The van der Waals surface area contributed by atoms with Gasteiger partial charge in [0, 0.05) is 30.9 Å². The standard InChI is InChI=1S/C22H19N5O4/c1-25-13-23-20-18(25)21(30)27(22(31)26(20)2)12-17(28)24-16-10-6-9-15(11-16)19(29)14-7-4-3-5-8-14/h3-11,13H,12H2,1-2H3,(H,24,28). The lowest BCUT2D eigenvalue weighted by Crippen LogP contribution is -2.42. The van der Waals surface area contributed by atoms with Crippen LogP contribution in [0.15, 0.2) is 70.5 Å². The molecule has 1 amide bonds. The Morgan fingerprint density at radius 2 is 1.68 bits per heavy atom. The number of aryl methyl sites for hydroxylation is 2. The average molecular weight is 417 g/mol. The summed E-state index contributed by atoms with van der Waals surface area (Å²) >= 11 is 0. The third kappa shape index (κ3) is 3.68. The highest BCUT2D eigenvalue weighted by Crippen LogP contribution is 2.15. The first-order valence-corrected chi connectivity index (χ1v) is 9.47. The molecule has 31 heavy (non-hydrogen) atoms. The van der Waals surface area contributed by atoms with E-state index in [-0.39, 0.29) is 16.9 Å². The van der Waals surface area contributed by atoms with Gasteiger partial charge in [-0.2, -0.15) is 0 Å². The van der Waals surface area contributed by atoms with E-state index in [0.29, 0.717) is 16.8 Å². The highest BCUT2D eigenvalue weighted by Gasteiger charge is 2.17. The number of hydrogen-bond acceptors (Lipinski definition) is 5. The van der Waals surface area contributed by atoms with Gasteiger partial charge in [0.2, 0.25) is 5.91 Å². The topological polar surface area (TPSA) is 108 Å². The Kier molecular flexibility index (Phi) is 5.08. The molecule has 0 saturated carbocycles. The van der Waals surface area contributed by atoms with Crippen molar-refractivity contribution >= 4 is 28.5 Å². The van der Waals surface area contributed by atoms with Gasteiger partial charge in [-0.05, 0) is 12.1 Å². The molecule has 4 aromatic rings. The van der Waals surface area contributed by atoms with Crippen LogP contribution < -0.4 is 16.6 Å². The average Bonchev–Trinajstić information content (AvgIpc) is 3.17. The molecule has 0 radical (unpaired) electrons. The molecule has 0 spiro atoms. The van der Waals surface area contributed by atoms with E-state index in [0.717, 1.165) is 4.57 Å². The van der Waals surface area contributed by atoms with Crippen molar-refractivity contribution in [3.05, 3.63) is 92.9 Å². The summed E-state index contributed by atoms with van der Waals surface area (Å²) in [4.78, 5) is 54.6. The van der Waals surface area contributed by atoms with Crippen molar-refractivity contribution in [3.63, 3.8) is 0 Å². The highest BCUT2D eigenvalue weighted by atomic mass is 16.2. The van der Waals surface area contributed by atoms with E-state index in [1.807, 2.05) is 6.07 Å². The Bertz CT molecular complexity index is 1430. The second-order valence-corrected chi connectivity index (χ2v) is 7.08. The molecule has 0 saturated heterocycles. The third-order valence-corrected chi connectivity index (χ3v) is 4.95. The summed E-state index contributed by atoms with van der Waals surface area (Å²) in [6.45, 7) is -0.469. The Hall–Kier alpha value is -4.27. The summed E-state index contributed by atoms with van der Waals surface area (Å²) in [5, 5.41) is 2.65. The Labute approximate surface area is 176 Å². The predicted molar refractivity (Wildman–Crippen MR) is 115 cm³/mol. The van der Waals surface area contributed by atoms with Crippen molar-refractivity contribution in [1.29, 1.82) is 0 Å². The monoisotopic (exact) mass is 417 g/mol. The second-order valence-electron chi connectivity index (χ2n) is 7.08. The molecule has 2 aromatic carbocycles. The molecular weight excluding hydrogens is 398 g/mol. The van der Waals surface area contributed by atoms with Crippen molar-refractivity contribution in [3.8, 4) is 0 Å². The number of rotatable bonds is 5. The smallest absolute Gasteiger partial charge is 0.328 e. The highest BCUT2D eigenvalue weighted by molar-refractivity contribution is 6.09. The first-order chi connectivity index (χ1) is 14.9.